The number of carbonyl (C=O) groups is 1. The Hall–Kier alpha value is -2.46. The molecule has 23 heavy (non-hydrogen) atoms. The van der Waals surface area contributed by atoms with E-state index in [4.69, 9.17) is 16.3 Å². The standard InChI is InChI=1S/C18H17ClO4/c1-11(2)23-17-8-3-12(10-16(17)19)9-15(18(21)22)13-4-6-14(20)7-5-13/h3-11,20H,1-2H3,(H,21,22)/b15-9-. The summed E-state index contributed by atoms with van der Waals surface area (Å²) in [6, 6.07) is 11.1. The molecule has 0 aliphatic heterocycles. The number of aromatic hydroxyl groups is 1. The van der Waals surface area contributed by atoms with E-state index in [1.807, 2.05) is 13.8 Å². The van der Waals surface area contributed by atoms with Gasteiger partial charge in [0.1, 0.15) is 11.5 Å². The predicted octanol–water partition coefficient (Wildman–Crippen LogP) is 4.46. The minimum Gasteiger partial charge on any atom is -0.508 e. The molecule has 0 aliphatic rings. The zero-order chi connectivity index (χ0) is 17.0. The fourth-order valence-corrected chi connectivity index (χ4v) is 2.27. The molecule has 0 bridgehead atoms. The monoisotopic (exact) mass is 332 g/mol. The van der Waals surface area contributed by atoms with Crippen molar-refractivity contribution in [2.75, 3.05) is 0 Å². The van der Waals surface area contributed by atoms with Crippen LogP contribution in [0.1, 0.15) is 25.0 Å². The Morgan fingerprint density at radius 1 is 1.17 bits per heavy atom. The van der Waals surface area contributed by atoms with E-state index in [1.165, 1.54) is 18.2 Å². The number of benzene rings is 2. The van der Waals surface area contributed by atoms with Crippen LogP contribution in [0, 0.1) is 0 Å². The van der Waals surface area contributed by atoms with E-state index >= 15 is 0 Å². The summed E-state index contributed by atoms with van der Waals surface area (Å²) in [6.45, 7) is 3.80. The Bertz CT molecular complexity index is 733. The quantitative estimate of drug-likeness (QED) is 0.626. The first kappa shape index (κ1) is 16.9. The molecule has 0 saturated carbocycles. The van der Waals surface area contributed by atoms with Gasteiger partial charge in [0.25, 0.3) is 0 Å². The van der Waals surface area contributed by atoms with E-state index < -0.39 is 5.97 Å². The van der Waals surface area contributed by atoms with Crippen molar-refractivity contribution in [1.82, 2.24) is 0 Å². The van der Waals surface area contributed by atoms with Crippen LogP contribution in [0.4, 0.5) is 0 Å². The molecule has 2 rings (SSSR count). The van der Waals surface area contributed by atoms with Gasteiger partial charge >= 0.3 is 5.97 Å². The number of halogens is 1. The third-order valence-corrected chi connectivity index (χ3v) is 3.33. The second-order valence-corrected chi connectivity index (χ2v) is 5.67. The molecule has 0 amide bonds. The number of carboxylic acids is 1. The Morgan fingerprint density at radius 3 is 2.35 bits per heavy atom. The lowest BCUT2D eigenvalue weighted by Gasteiger charge is -2.11. The largest absolute Gasteiger partial charge is 0.508 e. The van der Waals surface area contributed by atoms with Crippen molar-refractivity contribution in [2.24, 2.45) is 0 Å². The van der Waals surface area contributed by atoms with Crippen LogP contribution in [0.25, 0.3) is 11.6 Å². The molecule has 0 spiro atoms. The lowest BCUT2D eigenvalue weighted by Crippen LogP contribution is -2.05. The van der Waals surface area contributed by atoms with Gasteiger partial charge in [0.15, 0.2) is 0 Å². The molecule has 0 heterocycles. The molecular formula is C18H17ClO4. The summed E-state index contributed by atoms with van der Waals surface area (Å²) in [5.41, 5.74) is 1.25. The number of hydrogen-bond acceptors (Lipinski definition) is 3. The first-order chi connectivity index (χ1) is 10.9. The second kappa shape index (κ2) is 7.20. The summed E-state index contributed by atoms with van der Waals surface area (Å²) in [7, 11) is 0. The van der Waals surface area contributed by atoms with Gasteiger partial charge in [-0.25, -0.2) is 4.79 Å². The van der Waals surface area contributed by atoms with Gasteiger partial charge in [-0.05, 0) is 55.3 Å². The maximum absolute atomic E-state index is 11.5. The number of hydrogen-bond donors (Lipinski definition) is 2. The third-order valence-electron chi connectivity index (χ3n) is 3.04. The first-order valence-corrected chi connectivity index (χ1v) is 7.45. The van der Waals surface area contributed by atoms with E-state index in [2.05, 4.69) is 0 Å². The molecule has 0 fully saturated rings. The topological polar surface area (TPSA) is 66.8 Å². The summed E-state index contributed by atoms with van der Waals surface area (Å²) in [5.74, 6) is -0.425. The van der Waals surface area contributed by atoms with Crippen LogP contribution in [0.15, 0.2) is 42.5 Å². The van der Waals surface area contributed by atoms with Crippen LogP contribution in [0.2, 0.25) is 5.02 Å². The Morgan fingerprint density at radius 2 is 1.83 bits per heavy atom. The van der Waals surface area contributed by atoms with Gasteiger partial charge in [0, 0.05) is 0 Å². The molecule has 5 heteroatoms. The Kier molecular flexibility index (Phi) is 5.29. The molecule has 0 atom stereocenters. The normalized spacial score (nSPS) is 11.6. The SMILES string of the molecule is CC(C)Oc1ccc(/C=C(\C(=O)O)c2ccc(O)cc2)cc1Cl. The van der Waals surface area contributed by atoms with Crippen molar-refractivity contribution in [3.63, 3.8) is 0 Å². The summed E-state index contributed by atoms with van der Waals surface area (Å²) < 4.78 is 5.55. The summed E-state index contributed by atoms with van der Waals surface area (Å²) in [5, 5.41) is 19.1. The number of phenols is 1. The molecule has 2 aromatic rings. The van der Waals surface area contributed by atoms with Crippen molar-refractivity contribution in [3.8, 4) is 11.5 Å². The highest BCUT2D eigenvalue weighted by Gasteiger charge is 2.11. The molecule has 120 valence electrons. The molecule has 0 radical (unpaired) electrons. The average Bonchev–Trinajstić information content (AvgIpc) is 2.48. The zero-order valence-electron chi connectivity index (χ0n) is 12.8. The highest BCUT2D eigenvalue weighted by atomic mass is 35.5. The van der Waals surface area contributed by atoms with Crippen molar-refractivity contribution in [2.45, 2.75) is 20.0 Å². The minimum absolute atomic E-state index is 0.000434. The summed E-state index contributed by atoms with van der Waals surface area (Å²) in [6.07, 6.45) is 1.53. The Labute approximate surface area is 139 Å². The van der Waals surface area contributed by atoms with Gasteiger partial charge in [-0.15, -0.1) is 0 Å². The number of rotatable bonds is 5. The fourth-order valence-electron chi connectivity index (χ4n) is 2.03. The van der Waals surface area contributed by atoms with Gasteiger partial charge < -0.3 is 14.9 Å². The van der Waals surface area contributed by atoms with Crippen LogP contribution in [-0.4, -0.2) is 22.3 Å². The number of carboxylic acid groups (broad SMARTS) is 1. The van der Waals surface area contributed by atoms with Crippen LogP contribution in [0.3, 0.4) is 0 Å². The summed E-state index contributed by atoms with van der Waals surface area (Å²) in [4.78, 5) is 11.5. The van der Waals surface area contributed by atoms with Crippen molar-refractivity contribution < 1.29 is 19.7 Å². The molecular weight excluding hydrogens is 316 g/mol. The highest BCUT2D eigenvalue weighted by Crippen LogP contribution is 2.28. The smallest absolute Gasteiger partial charge is 0.336 e. The zero-order valence-corrected chi connectivity index (χ0v) is 13.5. The summed E-state index contributed by atoms with van der Waals surface area (Å²) >= 11 is 6.17. The van der Waals surface area contributed by atoms with Crippen molar-refractivity contribution in [3.05, 3.63) is 58.6 Å². The average molecular weight is 333 g/mol. The maximum Gasteiger partial charge on any atom is 0.336 e. The molecule has 0 aromatic heterocycles. The van der Waals surface area contributed by atoms with Crippen LogP contribution in [-0.2, 0) is 4.79 Å². The van der Waals surface area contributed by atoms with Gasteiger partial charge in [0.05, 0.1) is 16.7 Å². The molecule has 4 nitrogen and oxygen atoms in total. The van der Waals surface area contributed by atoms with Gasteiger partial charge in [0.2, 0.25) is 0 Å². The van der Waals surface area contributed by atoms with E-state index in [1.54, 1.807) is 30.3 Å². The highest BCUT2D eigenvalue weighted by molar-refractivity contribution is 6.32. The number of phenolic OH excluding ortho intramolecular Hbond substituents is 1. The minimum atomic E-state index is -1.06. The van der Waals surface area contributed by atoms with Crippen LogP contribution >= 0.6 is 11.6 Å². The van der Waals surface area contributed by atoms with Gasteiger partial charge in [-0.3, -0.25) is 0 Å². The molecule has 0 aliphatic carbocycles. The second-order valence-electron chi connectivity index (χ2n) is 5.27. The molecule has 0 saturated heterocycles. The predicted molar refractivity (Wildman–Crippen MR) is 90.8 cm³/mol. The van der Waals surface area contributed by atoms with Gasteiger partial charge in [-0.1, -0.05) is 29.8 Å². The van der Waals surface area contributed by atoms with Crippen molar-refractivity contribution >= 4 is 29.2 Å². The lowest BCUT2D eigenvalue weighted by molar-refractivity contribution is -0.130. The van der Waals surface area contributed by atoms with Crippen LogP contribution < -0.4 is 4.74 Å². The maximum atomic E-state index is 11.5. The van der Waals surface area contributed by atoms with E-state index in [9.17, 15) is 15.0 Å². The Balaban J connectivity index is 2.38. The molecule has 2 N–H and O–H groups in total. The third kappa shape index (κ3) is 4.50. The van der Waals surface area contributed by atoms with Gasteiger partial charge in [-0.2, -0.15) is 0 Å². The van der Waals surface area contributed by atoms with Crippen LogP contribution in [0.5, 0.6) is 11.5 Å². The van der Waals surface area contributed by atoms with E-state index in [0.717, 1.165) is 0 Å². The molecule has 2 aromatic carbocycles. The number of ether oxygens (including phenoxy) is 1. The fraction of sp³-hybridized carbons (Fsp3) is 0.167. The number of aliphatic carboxylic acids is 1. The molecule has 0 unspecified atom stereocenters. The van der Waals surface area contributed by atoms with E-state index in [0.29, 0.717) is 21.9 Å². The van der Waals surface area contributed by atoms with Crippen molar-refractivity contribution in [1.29, 1.82) is 0 Å². The first-order valence-electron chi connectivity index (χ1n) is 7.07. The van der Waals surface area contributed by atoms with E-state index in [-0.39, 0.29) is 17.4 Å². The lowest BCUT2D eigenvalue weighted by atomic mass is 10.0.